The normalized spacial score (nSPS) is 15.5. The zero-order valence-electron chi connectivity index (χ0n) is 17.6. The van der Waals surface area contributed by atoms with E-state index in [9.17, 15) is 24.1 Å². The number of carboxylic acid groups (broad SMARTS) is 1. The Morgan fingerprint density at radius 2 is 1.77 bits per heavy atom. The van der Waals surface area contributed by atoms with Gasteiger partial charge in [0.15, 0.2) is 5.96 Å². The van der Waals surface area contributed by atoms with Gasteiger partial charge in [-0.2, -0.15) is 0 Å². The number of amides is 2. The lowest BCUT2D eigenvalue weighted by Crippen LogP contribution is -2.55. The molecule has 13 nitrogen and oxygen atoms in total. The third kappa shape index (κ3) is 12.7. The SMILES string of the molecule is CC[C@H](C)[C@H](N)C(=O)N[C@@H](CCCN=C(N)N)C(=O)N[C@@H](/C=C/CP(=O)(O)O)C(=O)O. The molecule has 0 unspecified atom stereocenters. The maximum Gasteiger partial charge on any atom is 0.330 e. The van der Waals surface area contributed by atoms with Crippen LogP contribution in [0.25, 0.3) is 0 Å². The van der Waals surface area contributed by atoms with Crippen LogP contribution in [0, 0.1) is 5.92 Å². The summed E-state index contributed by atoms with van der Waals surface area (Å²) in [4.78, 5) is 57.9. The highest BCUT2D eigenvalue weighted by molar-refractivity contribution is 7.51. The number of carbonyl (C=O) groups excluding carboxylic acids is 2. The smallest absolute Gasteiger partial charge is 0.330 e. The van der Waals surface area contributed by atoms with Gasteiger partial charge in [0.1, 0.15) is 12.1 Å². The molecule has 178 valence electrons. The molecule has 0 aromatic rings. The molecule has 0 saturated carbocycles. The minimum absolute atomic E-state index is 0.0973. The molecule has 0 fully saturated rings. The Morgan fingerprint density at radius 3 is 2.26 bits per heavy atom. The molecule has 0 bridgehead atoms. The Bertz CT molecular complexity index is 720. The van der Waals surface area contributed by atoms with E-state index in [1.165, 1.54) is 0 Å². The van der Waals surface area contributed by atoms with Crippen LogP contribution in [-0.2, 0) is 18.9 Å². The van der Waals surface area contributed by atoms with Gasteiger partial charge >= 0.3 is 13.6 Å². The van der Waals surface area contributed by atoms with E-state index in [0.717, 1.165) is 12.2 Å². The summed E-state index contributed by atoms with van der Waals surface area (Å²) in [6, 6.07) is -3.54. The number of nitrogens with two attached hydrogens (primary N) is 3. The molecule has 0 radical (unpaired) electrons. The van der Waals surface area contributed by atoms with Gasteiger partial charge in [-0.25, -0.2) is 4.79 Å². The highest BCUT2D eigenvalue weighted by atomic mass is 31.2. The van der Waals surface area contributed by atoms with Gasteiger partial charge in [-0.1, -0.05) is 32.4 Å². The molecule has 0 spiro atoms. The molecule has 0 aromatic carbocycles. The van der Waals surface area contributed by atoms with Gasteiger partial charge in [0.05, 0.1) is 12.2 Å². The topological polar surface area (TPSA) is 243 Å². The van der Waals surface area contributed by atoms with Crippen LogP contribution in [-0.4, -0.2) is 69.5 Å². The maximum atomic E-state index is 12.6. The van der Waals surface area contributed by atoms with Gasteiger partial charge in [-0.3, -0.25) is 19.1 Å². The van der Waals surface area contributed by atoms with Crippen molar-refractivity contribution in [3.05, 3.63) is 12.2 Å². The number of nitrogens with one attached hydrogen (secondary N) is 2. The van der Waals surface area contributed by atoms with Gasteiger partial charge < -0.3 is 42.7 Å². The van der Waals surface area contributed by atoms with Crippen molar-refractivity contribution < 1.29 is 33.8 Å². The molecule has 0 aliphatic heterocycles. The minimum Gasteiger partial charge on any atom is -0.479 e. The predicted octanol–water partition coefficient (Wildman–Crippen LogP) is -1.80. The van der Waals surface area contributed by atoms with E-state index >= 15 is 0 Å². The van der Waals surface area contributed by atoms with Crippen molar-refractivity contribution in [3.8, 4) is 0 Å². The second kappa shape index (κ2) is 13.8. The van der Waals surface area contributed by atoms with Crippen LogP contribution in [0.5, 0.6) is 0 Å². The van der Waals surface area contributed by atoms with Crippen molar-refractivity contribution in [2.24, 2.45) is 28.1 Å². The van der Waals surface area contributed by atoms with E-state index in [1.807, 2.05) is 6.92 Å². The van der Waals surface area contributed by atoms with Crippen molar-refractivity contribution in [2.45, 2.75) is 51.2 Å². The van der Waals surface area contributed by atoms with Crippen molar-refractivity contribution in [1.29, 1.82) is 0 Å². The molecular weight excluding hydrogens is 431 g/mol. The fourth-order valence-electron chi connectivity index (χ4n) is 2.33. The minimum atomic E-state index is -4.37. The number of aliphatic carboxylic acids is 1. The molecule has 0 aliphatic carbocycles. The van der Waals surface area contributed by atoms with E-state index in [4.69, 9.17) is 27.0 Å². The zero-order valence-corrected chi connectivity index (χ0v) is 18.5. The second-order valence-corrected chi connectivity index (χ2v) is 8.72. The number of hydrogen-bond acceptors (Lipinski definition) is 6. The quantitative estimate of drug-likeness (QED) is 0.0471. The number of aliphatic imine (C=N–C) groups is 1. The number of nitrogens with zero attached hydrogens (tertiary/aromatic N) is 1. The van der Waals surface area contributed by atoms with Crippen LogP contribution in [0.3, 0.4) is 0 Å². The van der Waals surface area contributed by atoms with Crippen molar-refractivity contribution >= 4 is 31.3 Å². The lowest BCUT2D eigenvalue weighted by Gasteiger charge is -2.24. The number of carbonyl (C=O) groups is 3. The largest absolute Gasteiger partial charge is 0.479 e. The Balaban J connectivity index is 5.33. The van der Waals surface area contributed by atoms with Crippen LogP contribution < -0.4 is 27.8 Å². The number of carboxylic acids is 1. The molecule has 11 N–H and O–H groups in total. The molecule has 4 atom stereocenters. The van der Waals surface area contributed by atoms with Gasteiger partial charge in [0.25, 0.3) is 0 Å². The van der Waals surface area contributed by atoms with Crippen LogP contribution in [0.1, 0.15) is 33.1 Å². The van der Waals surface area contributed by atoms with E-state index < -0.39 is 49.7 Å². The first kappa shape index (κ1) is 28.5. The zero-order chi connectivity index (χ0) is 24.2. The highest BCUT2D eigenvalue weighted by Gasteiger charge is 2.28. The summed E-state index contributed by atoms with van der Waals surface area (Å²) in [5.74, 6) is -3.10. The third-order valence-corrected chi connectivity index (χ3v) is 5.06. The van der Waals surface area contributed by atoms with E-state index in [1.54, 1.807) is 6.92 Å². The van der Waals surface area contributed by atoms with Gasteiger partial charge in [0.2, 0.25) is 11.8 Å². The Kier molecular flexibility index (Phi) is 12.7. The first-order valence-electron chi connectivity index (χ1n) is 9.64. The van der Waals surface area contributed by atoms with Crippen molar-refractivity contribution in [3.63, 3.8) is 0 Å². The first-order valence-corrected chi connectivity index (χ1v) is 11.4. The molecule has 0 saturated heterocycles. The fourth-order valence-corrected chi connectivity index (χ4v) is 2.73. The Hall–Kier alpha value is -2.47. The molecule has 31 heavy (non-hydrogen) atoms. The van der Waals surface area contributed by atoms with E-state index in [0.29, 0.717) is 12.8 Å². The average molecular weight is 464 g/mol. The van der Waals surface area contributed by atoms with Crippen LogP contribution in [0.2, 0.25) is 0 Å². The number of allylic oxidation sites excluding steroid dienone is 1. The first-order chi connectivity index (χ1) is 14.3. The summed E-state index contributed by atoms with van der Waals surface area (Å²) in [5.41, 5.74) is 16.4. The molecule has 14 heteroatoms. The lowest BCUT2D eigenvalue weighted by atomic mass is 9.98. The third-order valence-electron chi connectivity index (χ3n) is 4.37. The molecule has 0 rings (SSSR count). The number of rotatable bonds is 14. The van der Waals surface area contributed by atoms with Gasteiger partial charge in [-0.05, 0) is 18.8 Å². The molecular formula is C17H33N6O7P. The van der Waals surface area contributed by atoms with Crippen LogP contribution in [0.15, 0.2) is 17.1 Å². The van der Waals surface area contributed by atoms with E-state index in [-0.39, 0.29) is 24.8 Å². The van der Waals surface area contributed by atoms with Crippen molar-refractivity contribution in [1.82, 2.24) is 10.6 Å². The Labute approximate surface area is 180 Å². The summed E-state index contributed by atoms with van der Waals surface area (Å²) in [6.45, 7) is 3.83. The summed E-state index contributed by atoms with van der Waals surface area (Å²) < 4.78 is 10.9. The highest BCUT2D eigenvalue weighted by Crippen LogP contribution is 2.33. The monoisotopic (exact) mass is 464 g/mol. The van der Waals surface area contributed by atoms with Crippen LogP contribution >= 0.6 is 7.60 Å². The number of hydrogen-bond donors (Lipinski definition) is 8. The summed E-state index contributed by atoms with van der Waals surface area (Å²) >= 11 is 0. The van der Waals surface area contributed by atoms with E-state index in [2.05, 4.69) is 15.6 Å². The standard InChI is InChI=1S/C17H33N6O7P/c1-3-10(2)13(18)15(25)22-11(6-4-8-21-17(19)20)14(24)23-12(16(26)27)7-5-9-31(28,29)30/h5,7,10-13H,3-4,6,8-9,18H2,1-2H3,(H,22,25)(H,23,24)(H,26,27)(H4,19,20,21)(H2,28,29,30)/b7-5+/t10-,11-,12-,13-/m0/s1. The van der Waals surface area contributed by atoms with Crippen LogP contribution in [0.4, 0.5) is 0 Å². The summed E-state index contributed by atoms with van der Waals surface area (Å²) in [5, 5.41) is 14.0. The predicted molar refractivity (Wildman–Crippen MR) is 115 cm³/mol. The molecule has 2 amide bonds. The van der Waals surface area contributed by atoms with Gasteiger partial charge in [0, 0.05) is 6.54 Å². The maximum absolute atomic E-state index is 12.6. The second-order valence-electron chi connectivity index (χ2n) is 7.02. The van der Waals surface area contributed by atoms with Gasteiger partial charge in [-0.15, -0.1) is 0 Å². The Morgan fingerprint density at radius 1 is 1.16 bits per heavy atom. The molecule has 0 heterocycles. The lowest BCUT2D eigenvalue weighted by molar-refractivity contribution is -0.140. The average Bonchev–Trinajstić information content (AvgIpc) is 2.66. The molecule has 0 aliphatic rings. The number of guanidine groups is 1. The van der Waals surface area contributed by atoms with Crippen molar-refractivity contribution in [2.75, 3.05) is 12.7 Å². The fraction of sp³-hybridized carbons (Fsp3) is 0.647. The summed E-state index contributed by atoms with van der Waals surface area (Å²) in [6.07, 6.45) is 2.27. The summed E-state index contributed by atoms with van der Waals surface area (Å²) in [7, 11) is -4.37. The molecule has 0 aromatic heterocycles.